The van der Waals surface area contributed by atoms with Crippen molar-refractivity contribution in [3.63, 3.8) is 0 Å². The van der Waals surface area contributed by atoms with Crippen molar-refractivity contribution in [2.45, 2.75) is 31.5 Å². The van der Waals surface area contributed by atoms with Gasteiger partial charge in [-0.15, -0.1) is 8.78 Å². The lowest BCUT2D eigenvalue weighted by atomic mass is 9.94. The minimum Gasteiger partial charge on any atom is -0.395 e. The lowest BCUT2D eigenvalue weighted by Gasteiger charge is -2.17. The molecule has 1 aliphatic carbocycles. The highest BCUT2D eigenvalue weighted by molar-refractivity contribution is 6.01. The predicted octanol–water partition coefficient (Wildman–Crippen LogP) is 3.75. The monoisotopic (exact) mass is 439 g/mol. The van der Waals surface area contributed by atoms with Crippen LogP contribution in [-0.2, 0) is 17.3 Å². The van der Waals surface area contributed by atoms with Gasteiger partial charge in [-0.1, -0.05) is 12.1 Å². The highest BCUT2D eigenvalue weighted by Gasteiger charge is 2.53. The van der Waals surface area contributed by atoms with E-state index in [-0.39, 0.29) is 23.0 Å². The standard InChI is InChI=1S/C23H19F2N3O4/c1-13-3-6-18(26-20(13)14-7-10-28(2)19(29)11-14)27-21(30)22(8-9-22)15-4-5-16-17(12-15)32-23(24,25)31-16/h3-7,10-12H,8-9H2,1-2H3,(H,26,27,30). The summed E-state index contributed by atoms with van der Waals surface area (Å²) in [6, 6.07) is 11.2. The third kappa shape index (κ3) is 3.39. The van der Waals surface area contributed by atoms with Gasteiger partial charge in [0.1, 0.15) is 5.82 Å². The molecule has 1 aliphatic heterocycles. The quantitative estimate of drug-likeness (QED) is 0.670. The van der Waals surface area contributed by atoms with Crippen molar-refractivity contribution in [3.8, 4) is 22.8 Å². The summed E-state index contributed by atoms with van der Waals surface area (Å²) in [5.74, 6) is -0.0917. The van der Waals surface area contributed by atoms with Crippen LogP contribution in [0.15, 0.2) is 53.5 Å². The van der Waals surface area contributed by atoms with Gasteiger partial charge < -0.3 is 19.4 Å². The Balaban J connectivity index is 1.41. The number of halogens is 2. The molecule has 7 nitrogen and oxygen atoms in total. The van der Waals surface area contributed by atoms with Crippen LogP contribution in [0.2, 0.25) is 0 Å². The zero-order valence-electron chi connectivity index (χ0n) is 17.3. The fraction of sp³-hybridized carbons (Fsp3) is 0.261. The normalized spacial score (nSPS) is 17.1. The molecule has 1 fully saturated rings. The molecule has 9 heteroatoms. The number of hydrogen-bond donors (Lipinski definition) is 1. The van der Waals surface area contributed by atoms with E-state index in [0.29, 0.717) is 35.5 Å². The number of nitrogens with one attached hydrogen (secondary N) is 1. The van der Waals surface area contributed by atoms with Crippen LogP contribution in [0, 0.1) is 6.92 Å². The summed E-state index contributed by atoms with van der Waals surface area (Å²) in [6.45, 7) is 1.87. The number of rotatable bonds is 4. The summed E-state index contributed by atoms with van der Waals surface area (Å²) in [5, 5.41) is 2.84. The van der Waals surface area contributed by atoms with E-state index in [2.05, 4.69) is 19.8 Å². The fourth-order valence-corrected chi connectivity index (χ4v) is 3.84. The van der Waals surface area contributed by atoms with Crippen LogP contribution in [0.1, 0.15) is 24.0 Å². The van der Waals surface area contributed by atoms with Gasteiger partial charge in [0.05, 0.1) is 11.1 Å². The van der Waals surface area contributed by atoms with E-state index >= 15 is 0 Å². The number of carbonyl (C=O) groups is 1. The molecule has 0 bridgehead atoms. The number of pyridine rings is 2. The van der Waals surface area contributed by atoms with Crippen LogP contribution in [0.25, 0.3) is 11.3 Å². The van der Waals surface area contributed by atoms with Crippen LogP contribution in [0.4, 0.5) is 14.6 Å². The predicted molar refractivity (Wildman–Crippen MR) is 112 cm³/mol. The number of benzene rings is 1. The largest absolute Gasteiger partial charge is 0.586 e. The van der Waals surface area contributed by atoms with Gasteiger partial charge in [0.25, 0.3) is 5.56 Å². The van der Waals surface area contributed by atoms with E-state index in [1.807, 2.05) is 13.0 Å². The Kier molecular flexibility index (Phi) is 4.34. The molecule has 1 N–H and O–H groups in total. The number of alkyl halides is 2. The smallest absolute Gasteiger partial charge is 0.395 e. The molecule has 2 aliphatic rings. The lowest BCUT2D eigenvalue weighted by Crippen LogP contribution is -2.28. The third-order valence-corrected chi connectivity index (χ3v) is 5.85. The van der Waals surface area contributed by atoms with Crippen LogP contribution < -0.4 is 20.3 Å². The summed E-state index contributed by atoms with van der Waals surface area (Å²) >= 11 is 0. The molecular weight excluding hydrogens is 420 g/mol. The number of hydrogen-bond acceptors (Lipinski definition) is 5. The zero-order valence-corrected chi connectivity index (χ0v) is 17.3. The molecule has 2 aromatic heterocycles. The van der Waals surface area contributed by atoms with Gasteiger partial charge in [-0.2, -0.15) is 0 Å². The number of aryl methyl sites for hydroxylation is 2. The van der Waals surface area contributed by atoms with Crippen molar-refractivity contribution in [1.29, 1.82) is 0 Å². The van der Waals surface area contributed by atoms with Gasteiger partial charge in [0.2, 0.25) is 5.91 Å². The van der Waals surface area contributed by atoms with Gasteiger partial charge in [0, 0.05) is 24.9 Å². The van der Waals surface area contributed by atoms with E-state index in [1.54, 1.807) is 31.4 Å². The Hall–Kier alpha value is -3.75. The topological polar surface area (TPSA) is 82.4 Å². The summed E-state index contributed by atoms with van der Waals surface area (Å²) < 4.78 is 37.1. The number of carbonyl (C=O) groups excluding carboxylic acids is 1. The molecule has 5 rings (SSSR count). The van der Waals surface area contributed by atoms with E-state index in [0.717, 1.165) is 5.56 Å². The molecule has 3 heterocycles. The molecule has 0 unspecified atom stereocenters. The van der Waals surface area contributed by atoms with E-state index in [4.69, 9.17) is 0 Å². The first-order valence-electron chi connectivity index (χ1n) is 10.0. The van der Waals surface area contributed by atoms with Crippen LogP contribution in [0.3, 0.4) is 0 Å². The maximum Gasteiger partial charge on any atom is 0.586 e. The average molecular weight is 439 g/mol. The van der Waals surface area contributed by atoms with Gasteiger partial charge in [-0.3, -0.25) is 9.59 Å². The molecule has 0 saturated heterocycles. The van der Waals surface area contributed by atoms with E-state index in [9.17, 15) is 18.4 Å². The Labute approximate surface area is 181 Å². The number of ether oxygens (including phenoxy) is 2. The molecule has 164 valence electrons. The van der Waals surface area contributed by atoms with Gasteiger partial charge in [-0.25, -0.2) is 4.98 Å². The maximum atomic E-state index is 13.3. The minimum atomic E-state index is -3.71. The molecule has 1 saturated carbocycles. The zero-order chi connectivity index (χ0) is 22.7. The maximum absolute atomic E-state index is 13.3. The second-order valence-corrected chi connectivity index (χ2v) is 8.09. The van der Waals surface area contributed by atoms with Crippen molar-refractivity contribution in [1.82, 2.24) is 9.55 Å². The summed E-state index contributed by atoms with van der Waals surface area (Å²) in [5.41, 5.74) is 1.67. The molecular formula is C23H19F2N3O4. The van der Waals surface area contributed by atoms with Gasteiger partial charge in [-0.05, 0) is 55.2 Å². The second-order valence-electron chi connectivity index (χ2n) is 8.09. The van der Waals surface area contributed by atoms with E-state index in [1.165, 1.54) is 22.8 Å². The number of amides is 1. The average Bonchev–Trinajstić information content (AvgIpc) is 3.48. The summed E-state index contributed by atoms with van der Waals surface area (Å²) in [6.07, 6.45) is -0.905. The van der Waals surface area contributed by atoms with Crippen LogP contribution in [0.5, 0.6) is 11.5 Å². The summed E-state index contributed by atoms with van der Waals surface area (Å²) in [7, 11) is 1.66. The molecule has 1 amide bonds. The first kappa shape index (κ1) is 20.2. The Bertz CT molecular complexity index is 1310. The number of aromatic nitrogens is 2. The Morgan fingerprint density at radius 1 is 1.09 bits per heavy atom. The SMILES string of the molecule is Cc1ccc(NC(=O)C2(c3ccc4c(c3)OC(F)(F)O4)CC2)nc1-c1ccn(C)c(=O)c1. The highest BCUT2D eigenvalue weighted by Crippen LogP contribution is 2.52. The fourth-order valence-electron chi connectivity index (χ4n) is 3.84. The first-order chi connectivity index (χ1) is 15.2. The van der Waals surface area contributed by atoms with Crippen molar-refractivity contribution < 1.29 is 23.0 Å². The minimum absolute atomic E-state index is 0.0613. The Morgan fingerprint density at radius 3 is 2.56 bits per heavy atom. The first-order valence-corrected chi connectivity index (χ1v) is 10.0. The number of nitrogens with zero attached hydrogens (tertiary/aromatic N) is 2. The number of fused-ring (bicyclic) bond motifs is 1. The van der Waals surface area contributed by atoms with Crippen molar-refractivity contribution >= 4 is 11.7 Å². The van der Waals surface area contributed by atoms with E-state index < -0.39 is 11.7 Å². The molecule has 0 spiro atoms. The lowest BCUT2D eigenvalue weighted by molar-refractivity contribution is -0.286. The Morgan fingerprint density at radius 2 is 1.84 bits per heavy atom. The van der Waals surface area contributed by atoms with Crippen LogP contribution in [-0.4, -0.2) is 21.8 Å². The van der Waals surface area contributed by atoms with Crippen molar-refractivity contribution in [2.75, 3.05) is 5.32 Å². The molecule has 32 heavy (non-hydrogen) atoms. The molecule has 3 aromatic rings. The molecule has 0 atom stereocenters. The van der Waals surface area contributed by atoms with Gasteiger partial charge in [0.15, 0.2) is 11.5 Å². The molecule has 1 aromatic carbocycles. The summed E-state index contributed by atoms with van der Waals surface area (Å²) in [4.78, 5) is 29.7. The van der Waals surface area contributed by atoms with Crippen molar-refractivity contribution in [2.24, 2.45) is 7.05 Å². The van der Waals surface area contributed by atoms with Crippen molar-refractivity contribution in [3.05, 3.63) is 70.1 Å². The number of anilines is 1. The molecule has 0 radical (unpaired) electrons. The second kappa shape index (κ2) is 6.88. The van der Waals surface area contributed by atoms with Gasteiger partial charge >= 0.3 is 6.29 Å². The highest BCUT2D eigenvalue weighted by atomic mass is 19.3. The third-order valence-electron chi connectivity index (χ3n) is 5.85. The van der Waals surface area contributed by atoms with Crippen LogP contribution >= 0.6 is 0 Å².